The van der Waals surface area contributed by atoms with Gasteiger partial charge in [-0.1, -0.05) is 199 Å². The largest absolute Gasteiger partial charge is 0.468 e. The topological polar surface area (TPSA) is 27.7 Å². The van der Waals surface area contributed by atoms with Crippen molar-refractivity contribution in [2.24, 2.45) is 0 Å². The van der Waals surface area contributed by atoms with E-state index in [1.54, 1.807) is 0 Å². The minimum atomic E-state index is -2.34. The van der Waals surface area contributed by atoms with Gasteiger partial charge in [0, 0.05) is 5.82 Å². The zero-order valence-electron chi connectivity index (χ0n) is 31.8. The van der Waals surface area contributed by atoms with Gasteiger partial charge in [-0.05, 0) is 57.3 Å². The second kappa shape index (κ2) is 16.3. The van der Waals surface area contributed by atoms with E-state index < -0.39 is 26.6 Å². The van der Waals surface area contributed by atoms with Crippen molar-refractivity contribution in [2.75, 3.05) is 0 Å². The van der Waals surface area contributed by atoms with Crippen molar-refractivity contribution in [3.63, 3.8) is 0 Å². The summed E-state index contributed by atoms with van der Waals surface area (Å²) in [6.45, 7) is 18.7. The summed E-state index contributed by atoms with van der Waals surface area (Å²) in [7, 11) is -3.03. The third-order valence-electron chi connectivity index (χ3n) is 11.4. The van der Waals surface area contributed by atoms with Crippen LogP contribution in [-0.4, -0.2) is 21.5 Å². The molecule has 1 aliphatic heterocycles. The zero-order chi connectivity index (χ0) is 36.8. The Labute approximate surface area is 314 Å². The molecule has 0 bridgehead atoms. The van der Waals surface area contributed by atoms with Crippen LogP contribution >= 0.6 is 0 Å². The second-order valence-electron chi connectivity index (χ2n) is 15.2. The number of aryl methyl sites for hydroxylation is 1. The summed E-state index contributed by atoms with van der Waals surface area (Å²) < 4.78 is 23.3. The fourth-order valence-corrected chi connectivity index (χ4v) is 14.8. The van der Waals surface area contributed by atoms with Crippen LogP contribution in [0.15, 0.2) is 164 Å². The number of benzene rings is 5. The molecule has 1 heterocycles. The van der Waals surface area contributed by atoms with Crippen molar-refractivity contribution in [3.05, 3.63) is 192 Å². The van der Waals surface area contributed by atoms with E-state index in [9.17, 15) is 0 Å². The van der Waals surface area contributed by atoms with E-state index in [1.165, 1.54) is 5.56 Å². The van der Waals surface area contributed by atoms with Gasteiger partial charge in [0.1, 0.15) is 11.2 Å². The van der Waals surface area contributed by atoms with Crippen LogP contribution in [0, 0.1) is 0 Å². The average Bonchev–Trinajstić information content (AvgIpc) is 3.55. The number of hydrogen-bond acceptors (Lipinski definition) is 3. The SMILES string of the molecule is C=CC(B1OC(c2ccccc2)(c2ccccc2)C(c2ccccc2)(c2ccccc2)O1)[C@H](CCc1ccccc1)O[Si](C(C)C)(C(C)C)C(C)C. The maximum absolute atomic E-state index is 7.78. The van der Waals surface area contributed by atoms with Crippen LogP contribution in [0.3, 0.4) is 0 Å². The van der Waals surface area contributed by atoms with Crippen LogP contribution in [0.25, 0.3) is 0 Å². The maximum atomic E-state index is 7.78. The molecular formula is C47H55BO3Si. The molecule has 0 aromatic heterocycles. The minimum Gasteiger partial charge on any atom is -0.413 e. The molecule has 268 valence electrons. The van der Waals surface area contributed by atoms with Crippen molar-refractivity contribution in [2.45, 2.75) is 94.1 Å². The summed E-state index contributed by atoms with van der Waals surface area (Å²) >= 11 is 0. The molecule has 1 unspecified atom stereocenters. The first-order chi connectivity index (χ1) is 25.2. The Morgan fingerprint density at radius 1 is 0.558 bits per heavy atom. The maximum Gasteiger partial charge on any atom is 0.468 e. The van der Waals surface area contributed by atoms with Crippen LogP contribution in [0.1, 0.15) is 75.8 Å². The molecule has 5 heteroatoms. The van der Waals surface area contributed by atoms with Crippen LogP contribution in [0.5, 0.6) is 0 Å². The second-order valence-corrected chi connectivity index (χ2v) is 20.6. The van der Waals surface area contributed by atoms with E-state index in [1.807, 2.05) is 6.08 Å². The summed E-state index contributed by atoms with van der Waals surface area (Å²) in [4.78, 5) is 0. The van der Waals surface area contributed by atoms with Gasteiger partial charge < -0.3 is 13.7 Å². The molecule has 1 saturated heterocycles. The molecule has 5 aromatic carbocycles. The average molecular weight is 707 g/mol. The van der Waals surface area contributed by atoms with Crippen LogP contribution < -0.4 is 0 Å². The van der Waals surface area contributed by atoms with Gasteiger partial charge in [0.15, 0.2) is 0 Å². The molecule has 52 heavy (non-hydrogen) atoms. The van der Waals surface area contributed by atoms with Crippen molar-refractivity contribution in [3.8, 4) is 0 Å². The standard InChI is InChI=1S/C47H55BO3Si/c1-8-44(45(35-34-39-24-14-9-15-25-39)49-52(36(2)3,37(4)5)38(6)7)48-50-46(40-26-16-10-17-27-40,41-28-18-11-19-29-41)47(51-48,42-30-20-12-21-31-42)43-32-22-13-23-33-43/h8-33,36-38,44-45H,1,34-35H2,2-7H3/t44?,45-/m0/s1. The highest BCUT2D eigenvalue weighted by Crippen LogP contribution is 2.60. The normalized spacial score (nSPS) is 16.7. The highest BCUT2D eigenvalue weighted by Gasteiger charge is 2.67. The van der Waals surface area contributed by atoms with Crippen molar-refractivity contribution >= 4 is 15.4 Å². The van der Waals surface area contributed by atoms with Gasteiger partial charge in [-0.3, -0.25) is 0 Å². The van der Waals surface area contributed by atoms with Gasteiger partial charge in [0.2, 0.25) is 8.32 Å². The van der Waals surface area contributed by atoms with E-state index in [0.29, 0.717) is 16.6 Å². The Morgan fingerprint density at radius 3 is 1.19 bits per heavy atom. The Morgan fingerprint density at radius 2 is 0.885 bits per heavy atom. The smallest absolute Gasteiger partial charge is 0.413 e. The van der Waals surface area contributed by atoms with Gasteiger partial charge >= 0.3 is 7.12 Å². The summed E-state index contributed by atoms with van der Waals surface area (Å²) in [5, 5.41) is 0. The lowest BCUT2D eigenvalue weighted by molar-refractivity contribution is 0.00370. The first kappa shape index (κ1) is 37.7. The van der Waals surface area contributed by atoms with Crippen molar-refractivity contribution in [1.29, 1.82) is 0 Å². The Hall–Kier alpha value is -4.00. The molecule has 6 rings (SSSR count). The van der Waals surface area contributed by atoms with E-state index >= 15 is 0 Å². The van der Waals surface area contributed by atoms with E-state index in [2.05, 4.69) is 200 Å². The van der Waals surface area contributed by atoms with Crippen LogP contribution in [0.2, 0.25) is 22.4 Å². The predicted molar refractivity (Wildman–Crippen MR) is 220 cm³/mol. The molecule has 3 nitrogen and oxygen atoms in total. The van der Waals surface area contributed by atoms with E-state index in [0.717, 1.165) is 35.1 Å². The van der Waals surface area contributed by atoms with Gasteiger partial charge in [-0.25, -0.2) is 0 Å². The van der Waals surface area contributed by atoms with Gasteiger partial charge in [0.25, 0.3) is 0 Å². The predicted octanol–water partition coefficient (Wildman–Crippen LogP) is 12.2. The molecule has 0 saturated carbocycles. The molecule has 1 fully saturated rings. The molecule has 0 N–H and O–H groups in total. The quantitative estimate of drug-likeness (QED) is 0.0801. The lowest BCUT2D eigenvalue weighted by atomic mass is 9.66. The van der Waals surface area contributed by atoms with Gasteiger partial charge in [0.05, 0.1) is 6.10 Å². The summed E-state index contributed by atoms with van der Waals surface area (Å²) in [6, 6.07) is 53.3. The summed E-state index contributed by atoms with van der Waals surface area (Å²) in [6.07, 6.45) is 3.56. The van der Waals surface area contributed by atoms with E-state index in [-0.39, 0.29) is 11.9 Å². The molecule has 0 aliphatic carbocycles. The summed E-state index contributed by atoms with van der Waals surface area (Å²) in [5.74, 6) is -0.270. The van der Waals surface area contributed by atoms with Crippen LogP contribution in [-0.2, 0) is 31.4 Å². The summed E-state index contributed by atoms with van der Waals surface area (Å²) in [5.41, 5.74) is 4.53. The molecule has 5 aromatic rings. The number of hydrogen-bond donors (Lipinski definition) is 0. The zero-order valence-corrected chi connectivity index (χ0v) is 32.8. The molecule has 0 amide bonds. The van der Waals surface area contributed by atoms with Crippen molar-refractivity contribution in [1.82, 2.24) is 0 Å². The molecule has 0 radical (unpaired) electrons. The third kappa shape index (κ3) is 6.81. The molecule has 1 aliphatic rings. The lowest BCUT2D eigenvalue weighted by Crippen LogP contribution is -2.52. The van der Waals surface area contributed by atoms with Crippen molar-refractivity contribution < 1.29 is 13.7 Å². The highest BCUT2D eigenvalue weighted by molar-refractivity contribution is 6.77. The third-order valence-corrected chi connectivity index (χ3v) is 17.6. The van der Waals surface area contributed by atoms with E-state index in [4.69, 9.17) is 13.7 Å². The molecule has 0 spiro atoms. The number of rotatable bonds is 15. The molecule has 2 atom stereocenters. The Kier molecular flexibility index (Phi) is 11.9. The highest BCUT2D eigenvalue weighted by atomic mass is 28.4. The fourth-order valence-electron chi connectivity index (χ4n) is 9.20. The Bertz CT molecular complexity index is 1640. The molecular weight excluding hydrogens is 651 g/mol. The first-order valence-electron chi connectivity index (χ1n) is 19.1. The fraction of sp³-hybridized carbons (Fsp3) is 0.319. The van der Waals surface area contributed by atoms with Gasteiger partial charge in [-0.15, -0.1) is 6.58 Å². The lowest BCUT2D eigenvalue weighted by Gasteiger charge is -2.46. The van der Waals surface area contributed by atoms with Crippen LogP contribution in [0.4, 0.5) is 0 Å². The van der Waals surface area contributed by atoms with Gasteiger partial charge in [-0.2, -0.15) is 0 Å². The Balaban J connectivity index is 1.59. The minimum absolute atomic E-state index is 0.187. The first-order valence-corrected chi connectivity index (χ1v) is 21.3. The monoisotopic (exact) mass is 706 g/mol.